The molecule has 176 valence electrons. The van der Waals surface area contributed by atoms with Crippen molar-refractivity contribution in [2.45, 2.75) is 31.6 Å². The highest BCUT2D eigenvalue weighted by Gasteiger charge is 2.28. The number of rotatable bonds is 13. The number of fused-ring (bicyclic) bond motifs is 3. The van der Waals surface area contributed by atoms with Gasteiger partial charge >= 0.3 is 12.1 Å². The van der Waals surface area contributed by atoms with Gasteiger partial charge in [0.2, 0.25) is 5.91 Å². The molecule has 0 atom stereocenters. The molecule has 1 aliphatic carbocycles. The Morgan fingerprint density at radius 1 is 0.879 bits per heavy atom. The van der Waals surface area contributed by atoms with Gasteiger partial charge in [-0.1, -0.05) is 55.0 Å². The van der Waals surface area contributed by atoms with Gasteiger partial charge in [-0.2, -0.15) is 0 Å². The molecule has 0 saturated carbocycles. The molecule has 0 unspecified atom stereocenters. The average molecular weight is 471 g/mol. The van der Waals surface area contributed by atoms with Gasteiger partial charge < -0.3 is 20.5 Å². The van der Waals surface area contributed by atoms with E-state index in [0.29, 0.717) is 31.9 Å². The number of hydrogen-bond donors (Lipinski definition) is 3. The Hall–Kier alpha value is -3.00. The van der Waals surface area contributed by atoms with Gasteiger partial charge in [-0.15, -0.1) is 11.8 Å². The summed E-state index contributed by atoms with van der Waals surface area (Å²) < 4.78 is 5.51. The van der Waals surface area contributed by atoms with Crippen LogP contribution in [0.4, 0.5) is 4.79 Å². The molecule has 3 N–H and O–H groups in total. The van der Waals surface area contributed by atoms with E-state index in [9.17, 15) is 14.4 Å². The SMILES string of the molecule is O=C(O)CSCCNC(=O)CCCCCNC(=O)OCC1c2ccccc2-c2ccccc21. The molecule has 2 aromatic carbocycles. The molecule has 0 radical (unpaired) electrons. The lowest BCUT2D eigenvalue weighted by molar-refractivity contribution is -0.133. The number of carboxylic acids is 1. The number of alkyl carbamates (subject to hydrolysis) is 1. The summed E-state index contributed by atoms with van der Waals surface area (Å²) in [4.78, 5) is 34.3. The van der Waals surface area contributed by atoms with Crippen LogP contribution in [0.2, 0.25) is 0 Å². The lowest BCUT2D eigenvalue weighted by atomic mass is 9.98. The number of aliphatic carboxylic acids is 1. The van der Waals surface area contributed by atoms with Crippen molar-refractivity contribution in [2.24, 2.45) is 0 Å². The predicted octanol–water partition coefficient (Wildman–Crippen LogP) is 4.02. The summed E-state index contributed by atoms with van der Waals surface area (Å²) in [5.74, 6) is -0.202. The van der Waals surface area contributed by atoms with Crippen LogP contribution >= 0.6 is 11.8 Å². The quantitative estimate of drug-likeness (QED) is 0.382. The first kappa shape index (κ1) is 24.6. The Kier molecular flexibility index (Phi) is 9.62. The number of ether oxygens (including phenoxy) is 1. The topological polar surface area (TPSA) is 105 Å². The monoisotopic (exact) mass is 470 g/mol. The molecular weight excluding hydrogens is 440 g/mol. The normalized spacial score (nSPS) is 12.0. The van der Waals surface area contributed by atoms with Crippen LogP contribution < -0.4 is 10.6 Å². The van der Waals surface area contributed by atoms with Crippen molar-refractivity contribution in [3.63, 3.8) is 0 Å². The highest BCUT2D eigenvalue weighted by atomic mass is 32.2. The molecule has 0 spiro atoms. The van der Waals surface area contributed by atoms with E-state index in [-0.39, 0.29) is 17.6 Å². The first-order chi connectivity index (χ1) is 16.1. The number of carboxylic acid groups (broad SMARTS) is 1. The fourth-order valence-electron chi connectivity index (χ4n) is 3.94. The van der Waals surface area contributed by atoms with Gasteiger partial charge in [-0.3, -0.25) is 9.59 Å². The van der Waals surface area contributed by atoms with Gasteiger partial charge in [0, 0.05) is 31.2 Å². The number of hydrogen-bond acceptors (Lipinski definition) is 5. The first-order valence-corrected chi connectivity index (χ1v) is 12.4. The van der Waals surface area contributed by atoms with Gasteiger partial charge in [0.15, 0.2) is 0 Å². The second-order valence-electron chi connectivity index (χ2n) is 7.86. The fourth-order valence-corrected chi connectivity index (χ4v) is 4.50. The molecule has 0 fully saturated rings. The van der Waals surface area contributed by atoms with Gasteiger partial charge in [0.25, 0.3) is 0 Å². The Bertz CT molecular complexity index is 920. The third-order valence-corrected chi connectivity index (χ3v) is 6.43. The van der Waals surface area contributed by atoms with Crippen molar-refractivity contribution in [2.75, 3.05) is 31.2 Å². The van der Waals surface area contributed by atoms with Crippen LogP contribution in [0.1, 0.15) is 42.7 Å². The summed E-state index contributed by atoms with van der Waals surface area (Å²) in [6.45, 7) is 1.27. The number of benzene rings is 2. The first-order valence-electron chi connectivity index (χ1n) is 11.2. The number of unbranched alkanes of at least 4 members (excludes halogenated alkanes) is 2. The summed E-state index contributed by atoms with van der Waals surface area (Å²) in [6, 6.07) is 16.5. The van der Waals surface area contributed by atoms with Gasteiger partial charge in [-0.05, 0) is 35.1 Å². The average Bonchev–Trinajstić information content (AvgIpc) is 3.13. The van der Waals surface area contributed by atoms with E-state index in [1.807, 2.05) is 24.3 Å². The molecule has 0 aliphatic heterocycles. The summed E-state index contributed by atoms with van der Waals surface area (Å²) in [6.07, 6.45) is 2.33. The number of nitrogens with one attached hydrogen (secondary N) is 2. The number of carbonyl (C=O) groups excluding carboxylic acids is 2. The molecule has 0 saturated heterocycles. The molecule has 8 heteroatoms. The molecule has 0 aromatic heterocycles. The Morgan fingerprint density at radius 2 is 1.55 bits per heavy atom. The van der Waals surface area contributed by atoms with Crippen LogP contribution in [-0.2, 0) is 14.3 Å². The lowest BCUT2D eigenvalue weighted by Crippen LogP contribution is -2.27. The van der Waals surface area contributed by atoms with Crippen LogP contribution in [-0.4, -0.2) is 54.3 Å². The van der Waals surface area contributed by atoms with Crippen LogP contribution in [0.5, 0.6) is 0 Å². The maximum Gasteiger partial charge on any atom is 0.407 e. The van der Waals surface area contributed by atoms with E-state index < -0.39 is 12.1 Å². The summed E-state index contributed by atoms with van der Waals surface area (Å²) in [7, 11) is 0. The van der Waals surface area contributed by atoms with Crippen molar-refractivity contribution in [3.05, 3.63) is 59.7 Å². The van der Waals surface area contributed by atoms with E-state index in [2.05, 4.69) is 34.9 Å². The van der Waals surface area contributed by atoms with Crippen molar-refractivity contribution in [3.8, 4) is 11.1 Å². The molecule has 0 heterocycles. The van der Waals surface area contributed by atoms with Crippen molar-refractivity contribution >= 4 is 29.7 Å². The molecule has 7 nitrogen and oxygen atoms in total. The fraction of sp³-hybridized carbons (Fsp3) is 0.400. The van der Waals surface area contributed by atoms with E-state index in [4.69, 9.17) is 9.84 Å². The zero-order valence-corrected chi connectivity index (χ0v) is 19.4. The van der Waals surface area contributed by atoms with Crippen LogP contribution in [0, 0.1) is 0 Å². The highest BCUT2D eigenvalue weighted by Crippen LogP contribution is 2.44. The highest BCUT2D eigenvalue weighted by molar-refractivity contribution is 7.99. The van der Waals surface area contributed by atoms with E-state index in [1.54, 1.807) is 0 Å². The summed E-state index contributed by atoms with van der Waals surface area (Å²) in [5.41, 5.74) is 4.77. The number of carbonyl (C=O) groups is 3. The largest absolute Gasteiger partial charge is 0.481 e. The zero-order valence-electron chi connectivity index (χ0n) is 18.5. The number of amides is 2. The Balaban J connectivity index is 1.27. The standard InChI is InChI=1S/C25H30N2O5S/c28-23(26-14-15-33-17-24(29)30)12-2-1-7-13-27-25(31)32-16-22-20-10-5-3-8-18(20)19-9-4-6-11-21(19)22/h3-6,8-11,22H,1-2,7,12-17H2,(H,26,28)(H,27,31)(H,29,30). The second-order valence-corrected chi connectivity index (χ2v) is 8.96. The summed E-state index contributed by atoms with van der Waals surface area (Å²) >= 11 is 1.28. The maximum absolute atomic E-state index is 12.1. The Morgan fingerprint density at radius 3 is 2.21 bits per heavy atom. The van der Waals surface area contributed by atoms with E-state index in [0.717, 1.165) is 19.3 Å². The van der Waals surface area contributed by atoms with Crippen LogP contribution in [0.15, 0.2) is 48.5 Å². The molecule has 0 bridgehead atoms. The smallest absolute Gasteiger partial charge is 0.407 e. The van der Waals surface area contributed by atoms with E-state index >= 15 is 0 Å². The minimum absolute atomic E-state index is 0.0320. The Labute approximate surface area is 198 Å². The van der Waals surface area contributed by atoms with Crippen molar-refractivity contribution in [1.82, 2.24) is 10.6 Å². The molecule has 1 aliphatic rings. The third kappa shape index (κ3) is 7.53. The van der Waals surface area contributed by atoms with Gasteiger partial charge in [0.1, 0.15) is 6.61 Å². The second kappa shape index (κ2) is 12.9. The lowest BCUT2D eigenvalue weighted by Gasteiger charge is -2.14. The molecule has 33 heavy (non-hydrogen) atoms. The van der Waals surface area contributed by atoms with Gasteiger partial charge in [0.05, 0.1) is 5.75 Å². The van der Waals surface area contributed by atoms with Crippen LogP contribution in [0.25, 0.3) is 11.1 Å². The molecule has 3 rings (SSSR count). The predicted molar refractivity (Wildman–Crippen MR) is 130 cm³/mol. The van der Waals surface area contributed by atoms with E-state index in [1.165, 1.54) is 34.0 Å². The zero-order chi connectivity index (χ0) is 23.5. The molecule has 2 aromatic rings. The van der Waals surface area contributed by atoms with Gasteiger partial charge in [-0.25, -0.2) is 4.79 Å². The van der Waals surface area contributed by atoms with Crippen molar-refractivity contribution in [1.29, 1.82) is 0 Å². The number of thioether (sulfide) groups is 1. The maximum atomic E-state index is 12.1. The molecular formula is C25H30N2O5S. The third-order valence-electron chi connectivity index (χ3n) is 5.49. The minimum Gasteiger partial charge on any atom is -0.481 e. The van der Waals surface area contributed by atoms with Crippen molar-refractivity contribution < 1.29 is 24.2 Å². The van der Waals surface area contributed by atoms with Crippen LogP contribution in [0.3, 0.4) is 0 Å². The molecule has 2 amide bonds. The summed E-state index contributed by atoms with van der Waals surface area (Å²) in [5, 5.41) is 14.1. The minimum atomic E-state index is -0.849.